The Hall–Kier alpha value is -2.30. The molecule has 0 spiro atoms. The van der Waals surface area contributed by atoms with Gasteiger partial charge in [0.1, 0.15) is 0 Å². The lowest BCUT2D eigenvalue weighted by Gasteiger charge is -2.20. The first-order chi connectivity index (χ1) is 11.9. The summed E-state index contributed by atoms with van der Waals surface area (Å²) in [5, 5.41) is 18.4. The van der Waals surface area contributed by atoms with Crippen molar-refractivity contribution in [3.63, 3.8) is 0 Å². The molecule has 25 heavy (non-hydrogen) atoms. The number of aliphatic carboxylic acids is 2. The van der Waals surface area contributed by atoms with Crippen molar-refractivity contribution in [2.45, 2.75) is 13.5 Å². The second-order valence-corrected chi connectivity index (χ2v) is 6.38. The van der Waals surface area contributed by atoms with Gasteiger partial charge in [-0.15, -0.1) is 11.3 Å². The van der Waals surface area contributed by atoms with Crippen LogP contribution in [0.15, 0.2) is 22.4 Å². The Kier molecular flexibility index (Phi) is 6.62. The fraction of sp³-hybridized carbons (Fsp3) is 0.467. The molecule has 1 aliphatic rings. The molecule has 3 heterocycles. The summed E-state index contributed by atoms with van der Waals surface area (Å²) in [6.07, 6.45) is 1.69. The lowest BCUT2D eigenvalue weighted by Crippen LogP contribution is -2.33. The highest BCUT2D eigenvalue weighted by molar-refractivity contribution is 7.15. The number of carboxylic acids is 2. The summed E-state index contributed by atoms with van der Waals surface area (Å²) in [5.41, 5.74) is 0.547. The van der Waals surface area contributed by atoms with Gasteiger partial charge in [-0.1, -0.05) is 0 Å². The first-order valence-corrected chi connectivity index (χ1v) is 8.43. The van der Waals surface area contributed by atoms with Gasteiger partial charge < -0.3 is 14.9 Å². The maximum Gasteiger partial charge on any atom is 0.310 e. The Morgan fingerprint density at radius 2 is 2.16 bits per heavy atom. The fourth-order valence-electron chi connectivity index (χ4n) is 2.37. The molecular formula is C15H19N3O6S. The monoisotopic (exact) mass is 369 g/mol. The van der Waals surface area contributed by atoms with Crippen LogP contribution in [0.3, 0.4) is 0 Å². The highest BCUT2D eigenvalue weighted by Crippen LogP contribution is 2.12. The number of carbonyl (C=O) groups is 2. The van der Waals surface area contributed by atoms with Crippen LogP contribution in [0, 0.1) is 5.92 Å². The van der Waals surface area contributed by atoms with E-state index in [1.165, 1.54) is 21.8 Å². The zero-order valence-corrected chi connectivity index (χ0v) is 14.4. The molecule has 1 atom stereocenters. The molecule has 0 amide bonds. The van der Waals surface area contributed by atoms with Gasteiger partial charge in [0.2, 0.25) is 0 Å². The molecule has 2 N–H and O–H groups in total. The van der Waals surface area contributed by atoms with Crippen LogP contribution in [0.2, 0.25) is 0 Å². The molecule has 0 bridgehead atoms. The van der Waals surface area contributed by atoms with E-state index in [1.54, 1.807) is 6.20 Å². The van der Waals surface area contributed by atoms with Crippen LogP contribution in [-0.4, -0.2) is 62.7 Å². The average molecular weight is 369 g/mol. The van der Waals surface area contributed by atoms with E-state index < -0.39 is 17.9 Å². The van der Waals surface area contributed by atoms with Gasteiger partial charge in [-0.2, -0.15) is 0 Å². The van der Waals surface area contributed by atoms with Crippen molar-refractivity contribution in [2.75, 3.05) is 26.3 Å². The second kappa shape index (κ2) is 8.70. The molecule has 1 saturated heterocycles. The van der Waals surface area contributed by atoms with Crippen molar-refractivity contribution in [1.82, 2.24) is 14.3 Å². The predicted octanol–water partition coefficient (Wildman–Crippen LogP) is 0.380. The van der Waals surface area contributed by atoms with E-state index in [4.69, 9.17) is 19.7 Å². The van der Waals surface area contributed by atoms with Gasteiger partial charge in [0, 0.05) is 44.2 Å². The van der Waals surface area contributed by atoms with E-state index in [0.717, 1.165) is 6.92 Å². The number of ether oxygens (including phenoxy) is 1. The van der Waals surface area contributed by atoms with Gasteiger partial charge in [0.25, 0.3) is 11.5 Å². The molecule has 3 rings (SSSR count). The molecule has 136 valence electrons. The van der Waals surface area contributed by atoms with E-state index in [-0.39, 0.29) is 12.2 Å². The minimum atomic E-state index is -0.858. The standard InChI is InChI=1S/C13H15N3O4S.C2H4O2/c17-11-5-10(14-13-16(11)2-4-21-13)7-15-1-3-20-8-9(6-15)12(18)19;1-2(3)4/h2,4-5,9H,1,3,6-8H2,(H,18,19);1H3,(H,3,4). The molecular weight excluding hydrogens is 350 g/mol. The van der Waals surface area contributed by atoms with Crippen LogP contribution in [0.25, 0.3) is 4.96 Å². The molecule has 2 aromatic heterocycles. The first-order valence-electron chi connectivity index (χ1n) is 7.55. The average Bonchev–Trinajstić information content (AvgIpc) is 2.86. The lowest BCUT2D eigenvalue weighted by molar-refractivity contribution is -0.143. The highest BCUT2D eigenvalue weighted by atomic mass is 32.1. The van der Waals surface area contributed by atoms with Crippen molar-refractivity contribution in [3.8, 4) is 0 Å². The summed E-state index contributed by atoms with van der Waals surface area (Å²) in [7, 11) is 0. The molecule has 1 unspecified atom stereocenters. The van der Waals surface area contributed by atoms with Crippen molar-refractivity contribution < 1.29 is 24.5 Å². The minimum absolute atomic E-state index is 0.114. The van der Waals surface area contributed by atoms with Gasteiger partial charge in [-0.3, -0.25) is 23.7 Å². The molecule has 0 aliphatic carbocycles. The van der Waals surface area contributed by atoms with Crippen LogP contribution in [0.4, 0.5) is 0 Å². The smallest absolute Gasteiger partial charge is 0.310 e. The van der Waals surface area contributed by atoms with E-state index >= 15 is 0 Å². The predicted molar refractivity (Wildman–Crippen MR) is 89.9 cm³/mol. The van der Waals surface area contributed by atoms with Crippen LogP contribution in [-0.2, 0) is 20.9 Å². The lowest BCUT2D eigenvalue weighted by atomic mass is 10.1. The summed E-state index contributed by atoms with van der Waals surface area (Å²) in [6, 6.07) is 1.50. The maximum atomic E-state index is 11.9. The molecule has 1 fully saturated rings. The molecule has 0 radical (unpaired) electrons. The minimum Gasteiger partial charge on any atom is -0.481 e. The molecule has 0 aromatic carbocycles. The Morgan fingerprint density at radius 1 is 1.44 bits per heavy atom. The summed E-state index contributed by atoms with van der Waals surface area (Å²) in [6.45, 7) is 3.29. The van der Waals surface area contributed by atoms with Gasteiger partial charge >= 0.3 is 5.97 Å². The third-order valence-electron chi connectivity index (χ3n) is 3.44. The Bertz CT molecular complexity index is 798. The van der Waals surface area contributed by atoms with Crippen LogP contribution >= 0.6 is 11.3 Å². The van der Waals surface area contributed by atoms with Gasteiger partial charge in [-0.25, -0.2) is 4.98 Å². The normalized spacial score (nSPS) is 18.2. The van der Waals surface area contributed by atoms with Crippen molar-refractivity contribution >= 4 is 28.2 Å². The number of carboxylic acid groups (broad SMARTS) is 2. The number of aromatic nitrogens is 2. The van der Waals surface area contributed by atoms with Crippen molar-refractivity contribution in [3.05, 3.63) is 33.7 Å². The van der Waals surface area contributed by atoms with Gasteiger partial charge in [-0.05, 0) is 0 Å². The Balaban J connectivity index is 0.000000511. The van der Waals surface area contributed by atoms with Crippen LogP contribution in [0.5, 0.6) is 0 Å². The molecule has 1 aliphatic heterocycles. The fourth-order valence-corrected chi connectivity index (χ4v) is 3.10. The third kappa shape index (κ3) is 5.62. The maximum absolute atomic E-state index is 11.9. The number of hydrogen-bond acceptors (Lipinski definition) is 7. The van der Waals surface area contributed by atoms with Crippen molar-refractivity contribution in [2.24, 2.45) is 5.92 Å². The van der Waals surface area contributed by atoms with Crippen LogP contribution in [0.1, 0.15) is 12.6 Å². The van der Waals surface area contributed by atoms with Crippen molar-refractivity contribution in [1.29, 1.82) is 0 Å². The topological polar surface area (TPSA) is 121 Å². The molecule has 10 heteroatoms. The number of nitrogens with zero attached hydrogens (tertiary/aromatic N) is 3. The Labute approximate surface area is 147 Å². The highest BCUT2D eigenvalue weighted by Gasteiger charge is 2.24. The zero-order valence-electron chi connectivity index (χ0n) is 13.6. The van der Waals surface area contributed by atoms with E-state index in [9.17, 15) is 9.59 Å². The number of rotatable bonds is 3. The van der Waals surface area contributed by atoms with E-state index in [0.29, 0.717) is 36.9 Å². The SMILES string of the molecule is CC(=O)O.O=C(O)C1COCCN(Cc2cc(=O)n3ccsc3n2)C1. The quantitative estimate of drug-likeness (QED) is 0.796. The van der Waals surface area contributed by atoms with E-state index in [2.05, 4.69) is 4.98 Å². The molecule has 2 aromatic rings. The molecule has 9 nitrogen and oxygen atoms in total. The summed E-state index contributed by atoms with van der Waals surface area (Å²) in [4.78, 5) is 39.1. The largest absolute Gasteiger partial charge is 0.481 e. The molecule has 0 saturated carbocycles. The number of hydrogen-bond donors (Lipinski definition) is 2. The van der Waals surface area contributed by atoms with E-state index in [1.807, 2.05) is 10.3 Å². The third-order valence-corrected chi connectivity index (χ3v) is 4.20. The summed E-state index contributed by atoms with van der Waals surface area (Å²) >= 11 is 1.40. The van der Waals surface area contributed by atoms with Crippen LogP contribution < -0.4 is 5.56 Å². The summed E-state index contributed by atoms with van der Waals surface area (Å²) in [5.74, 6) is -2.23. The zero-order chi connectivity index (χ0) is 18.4. The second-order valence-electron chi connectivity index (χ2n) is 5.51. The van der Waals surface area contributed by atoms with Gasteiger partial charge in [0.05, 0.1) is 24.8 Å². The first kappa shape index (κ1) is 19.0. The number of thiazole rings is 1. The van der Waals surface area contributed by atoms with Gasteiger partial charge in [0.15, 0.2) is 4.96 Å². The number of fused-ring (bicyclic) bond motifs is 1. The Morgan fingerprint density at radius 3 is 2.84 bits per heavy atom. The summed E-state index contributed by atoms with van der Waals surface area (Å²) < 4.78 is 6.81.